The number of rotatable bonds is 5. The van der Waals surface area contributed by atoms with E-state index in [4.69, 9.17) is 10.5 Å². The van der Waals surface area contributed by atoms with Crippen LogP contribution >= 0.6 is 12.4 Å². The summed E-state index contributed by atoms with van der Waals surface area (Å²) in [7, 11) is -2.13. The first-order valence-electron chi connectivity index (χ1n) is 9.14. The summed E-state index contributed by atoms with van der Waals surface area (Å²) in [6.45, 7) is 11.0. The molecule has 1 aliphatic rings. The molecular formula is C19H32ClN3O4S. The highest BCUT2D eigenvalue weighted by Crippen LogP contribution is 2.31. The molecule has 7 nitrogen and oxygen atoms in total. The van der Waals surface area contributed by atoms with E-state index in [2.05, 4.69) is 0 Å². The zero-order valence-corrected chi connectivity index (χ0v) is 19.2. The lowest BCUT2D eigenvalue weighted by atomic mass is 9.95. The molecule has 1 heterocycles. The minimum Gasteiger partial charge on any atom is -0.383 e. The summed E-state index contributed by atoms with van der Waals surface area (Å²) in [5, 5.41) is 0. The number of carbonyl (C=O) groups is 1. The van der Waals surface area contributed by atoms with Crippen molar-refractivity contribution in [1.29, 1.82) is 0 Å². The number of hydrogen-bond acceptors (Lipinski definition) is 5. The number of carbonyl (C=O) groups excluding carboxylic acids is 1. The molecule has 0 aliphatic carbocycles. The second kappa shape index (κ2) is 9.54. The third-order valence-electron chi connectivity index (χ3n) is 5.74. The van der Waals surface area contributed by atoms with Gasteiger partial charge in [0.15, 0.2) is 0 Å². The fourth-order valence-electron chi connectivity index (χ4n) is 3.62. The Morgan fingerprint density at radius 2 is 1.39 bits per heavy atom. The van der Waals surface area contributed by atoms with Crippen LogP contribution in [0, 0.1) is 34.6 Å². The van der Waals surface area contributed by atoms with E-state index in [9.17, 15) is 13.2 Å². The highest BCUT2D eigenvalue weighted by Gasteiger charge is 2.34. The monoisotopic (exact) mass is 433 g/mol. The van der Waals surface area contributed by atoms with Gasteiger partial charge in [-0.2, -0.15) is 4.31 Å². The van der Waals surface area contributed by atoms with Crippen LogP contribution in [0.15, 0.2) is 4.90 Å². The lowest BCUT2D eigenvalue weighted by Crippen LogP contribution is -2.55. The molecule has 0 aromatic heterocycles. The molecule has 2 rings (SSSR count). The second-order valence-electron chi connectivity index (χ2n) is 7.25. The van der Waals surface area contributed by atoms with Crippen LogP contribution in [0.25, 0.3) is 0 Å². The summed E-state index contributed by atoms with van der Waals surface area (Å²) in [5.74, 6) is -0.205. The Hall–Kier alpha value is -1.19. The number of hydrogen-bond donors (Lipinski definition) is 1. The Labute approximate surface area is 174 Å². The van der Waals surface area contributed by atoms with Gasteiger partial charge in [-0.15, -0.1) is 12.4 Å². The van der Waals surface area contributed by atoms with Crippen molar-refractivity contribution < 1.29 is 17.9 Å². The van der Waals surface area contributed by atoms with Gasteiger partial charge in [-0.05, 0) is 62.4 Å². The largest absolute Gasteiger partial charge is 0.383 e. The maximum atomic E-state index is 13.3. The number of sulfonamides is 1. The SMILES string of the molecule is COCC(N)C(=O)N1CCN(S(=O)(=O)c2c(C)c(C)c(C)c(C)c2C)CC1.Cl. The number of halogens is 1. The van der Waals surface area contributed by atoms with Gasteiger partial charge in [0.05, 0.1) is 11.5 Å². The van der Waals surface area contributed by atoms with Crippen LogP contribution in [0.1, 0.15) is 27.8 Å². The van der Waals surface area contributed by atoms with Gasteiger partial charge >= 0.3 is 0 Å². The molecule has 160 valence electrons. The maximum Gasteiger partial charge on any atom is 0.243 e. The summed E-state index contributed by atoms with van der Waals surface area (Å²) in [4.78, 5) is 14.3. The van der Waals surface area contributed by atoms with Gasteiger partial charge in [0.2, 0.25) is 15.9 Å². The van der Waals surface area contributed by atoms with Crippen molar-refractivity contribution in [3.63, 3.8) is 0 Å². The fraction of sp³-hybridized carbons (Fsp3) is 0.632. The van der Waals surface area contributed by atoms with Gasteiger partial charge in [0.25, 0.3) is 0 Å². The first-order chi connectivity index (χ1) is 12.5. The molecule has 0 saturated carbocycles. The van der Waals surface area contributed by atoms with E-state index < -0.39 is 16.1 Å². The minimum absolute atomic E-state index is 0. The zero-order chi connectivity index (χ0) is 20.5. The van der Waals surface area contributed by atoms with Crippen LogP contribution in [0.4, 0.5) is 0 Å². The number of nitrogens with two attached hydrogens (primary N) is 1. The summed E-state index contributed by atoms with van der Waals surface area (Å²) >= 11 is 0. The molecule has 0 spiro atoms. The summed E-state index contributed by atoms with van der Waals surface area (Å²) in [5.41, 5.74) is 10.6. The van der Waals surface area contributed by atoms with E-state index in [1.165, 1.54) is 11.4 Å². The Kier molecular flexibility index (Phi) is 8.47. The molecule has 28 heavy (non-hydrogen) atoms. The van der Waals surface area contributed by atoms with Gasteiger partial charge < -0.3 is 15.4 Å². The van der Waals surface area contributed by atoms with Crippen molar-refractivity contribution in [2.75, 3.05) is 39.9 Å². The normalized spacial score (nSPS) is 16.6. The molecule has 1 saturated heterocycles. The van der Waals surface area contributed by atoms with Gasteiger partial charge in [-0.3, -0.25) is 4.79 Å². The highest BCUT2D eigenvalue weighted by atomic mass is 35.5. The molecule has 0 radical (unpaired) electrons. The summed E-state index contributed by atoms with van der Waals surface area (Å²) in [6, 6.07) is -0.718. The Balaban J connectivity index is 0.00000392. The smallest absolute Gasteiger partial charge is 0.243 e. The second-order valence-corrected chi connectivity index (χ2v) is 9.12. The molecule has 2 N–H and O–H groups in total. The fourth-order valence-corrected chi connectivity index (χ4v) is 5.60. The van der Waals surface area contributed by atoms with E-state index in [0.717, 1.165) is 27.8 Å². The van der Waals surface area contributed by atoms with Crippen LogP contribution < -0.4 is 5.73 Å². The first-order valence-corrected chi connectivity index (χ1v) is 10.6. The maximum absolute atomic E-state index is 13.3. The van der Waals surface area contributed by atoms with Crippen LogP contribution in [-0.4, -0.2) is 69.5 Å². The quantitative estimate of drug-likeness (QED) is 0.758. The Morgan fingerprint density at radius 1 is 0.964 bits per heavy atom. The third-order valence-corrected chi connectivity index (χ3v) is 7.92. The molecule has 1 aliphatic heterocycles. The Bertz CT molecular complexity index is 805. The lowest BCUT2D eigenvalue weighted by molar-refractivity contribution is -0.134. The van der Waals surface area contributed by atoms with Gasteiger partial charge in [-0.1, -0.05) is 0 Å². The molecular weight excluding hydrogens is 402 g/mol. The van der Waals surface area contributed by atoms with Crippen LogP contribution in [0.2, 0.25) is 0 Å². The first kappa shape index (κ1) is 24.8. The van der Waals surface area contributed by atoms with Gasteiger partial charge in [0.1, 0.15) is 6.04 Å². The number of piperazine rings is 1. The van der Waals surface area contributed by atoms with E-state index in [1.807, 2.05) is 34.6 Å². The predicted octanol–water partition coefficient (Wildman–Crippen LogP) is 1.46. The molecule has 1 aromatic rings. The third kappa shape index (κ3) is 4.52. The number of amides is 1. The molecule has 0 bridgehead atoms. The zero-order valence-electron chi connectivity index (χ0n) is 17.5. The van der Waals surface area contributed by atoms with Crippen molar-refractivity contribution in [2.24, 2.45) is 5.73 Å². The van der Waals surface area contributed by atoms with E-state index in [-0.39, 0.29) is 38.0 Å². The van der Waals surface area contributed by atoms with Crippen molar-refractivity contribution in [3.8, 4) is 0 Å². The van der Waals surface area contributed by atoms with E-state index >= 15 is 0 Å². The van der Waals surface area contributed by atoms with Crippen LogP contribution in [0.5, 0.6) is 0 Å². The lowest BCUT2D eigenvalue weighted by Gasteiger charge is -2.36. The van der Waals surface area contributed by atoms with Crippen molar-refractivity contribution in [1.82, 2.24) is 9.21 Å². The standard InChI is InChI=1S/C19H31N3O4S.ClH/c1-12-13(2)15(4)18(16(5)14(12)3)27(24,25)22-9-7-21(8-10-22)19(23)17(20)11-26-6;/h17H,7-11,20H2,1-6H3;1H. The molecule has 9 heteroatoms. The number of methoxy groups -OCH3 is 1. The van der Waals surface area contributed by atoms with Crippen LogP contribution in [0.3, 0.4) is 0 Å². The number of benzene rings is 1. The van der Waals surface area contributed by atoms with Crippen molar-refractivity contribution in [3.05, 3.63) is 27.8 Å². The Morgan fingerprint density at radius 3 is 1.82 bits per heavy atom. The molecule has 1 atom stereocenters. The van der Waals surface area contributed by atoms with Crippen molar-refractivity contribution in [2.45, 2.75) is 45.6 Å². The van der Waals surface area contributed by atoms with E-state index in [1.54, 1.807) is 4.90 Å². The minimum atomic E-state index is -3.63. The highest BCUT2D eigenvalue weighted by molar-refractivity contribution is 7.89. The topological polar surface area (TPSA) is 92.9 Å². The average molecular weight is 434 g/mol. The summed E-state index contributed by atoms with van der Waals surface area (Å²) < 4.78 is 33.1. The van der Waals surface area contributed by atoms with Crippen LogP contribution in [-0.2, 0) is 19.6 Å². The molecule has 1 fully saturated rings. The van der Waals surface area contributed by atoms with Gasteiger partial charge in [-0.25, -0.2) is 8.42 Å². The molecule has 1 unspecified atom stereocenters. The van der Waals surface area contributed by atoms with E-state index in [0.29, 0.717) is 18.0 Å². The van der Waals surface area contributed by atoms with Crippen molar-refractivity contribution >= 4 is 28.3 Å². The predicted molar refractivity (Wildman–Crippen MR) is 113 cm³/mol. The summed E-state index contributed by atoms with van der Waals surface area (Å²) in [6.07, 6.45) is 0. The number of nitrogens with zero attached hydrogens (tertiary/aromatic N) is 2. The molecule has 1 amide bonds. The number of ether oxygens (including phenoxy) is 1. The van der Waals surface area contributed by atoms with Gasteiger partial charge in [0, 0.05) is 33.3 Å². The average Bonchev–Trinajstić information content (AvgIpc) is 2.64. The molecule has 1 aromatic carbocycles.